The SMILES string of the molecule is CCC1(Cn2c(CCCl)nc3cc(Cl)cnc32)CCCC1. The first-order chi connectivity index (χ1) is 10.2. The van der Waals surface area contributed by atoms with Gasteiger partial charge in [0.15, 0.2) is 5.65 Å². The average molecular weight is 326 g/mol. The lowest BCUT2D eigenvalue weighted by Crippen LogP contribution is -2.24. The number of fused-ring (bicyclic) bond motifs is 1. The lowest BCUT2D eigenvalue weighted by Gasteiger charge is -2.28. The topological polar surface area (TPSA) is 30.7 Å². The number of imidazole rings is 1. The van der Waals surface area contributed by atoms with Crippen molar-refractivity contribution in [2.45, 2.75) is 52.0 Å². The van der Waals surface area contributed by atoms with Gasteiger partial charge in [-0.25, -0.2) is 9.97 Å². The summed E-state index contributed by atoms with van der Waals surface area (Å²) in [6.45, 7) is 3.30. The molecule has 2 heterocycles. The first-order valence-electron chi connectivity index (χ1n) is 7.74. The van der Waals surface area contributed by atoms with Crippen LogP contribution in [0.3, 0.4) is 0 Å². The summed E-state index contributed by atoms with van der Waals surface area (Å²) in [6.07, 6.45) is 8.97. The van der Waals surface area contributed by atoms with Crippen LogP contribution in [0.1, 0.15) is 44.9 Å². The highest BCUT2D eigenvalue weighted by Crippen LogP contribution is 2.43. The van der Waals surface area contributed by atoms with Crippen molar-refractivity contribution in [2.75, 3.05) is 5.88 Å². The molecule has 21 heavy (non-hydrogen) atoms. The number of hydrogen-bond acceptors (Lipinski definition) is 2. The summed E-state index contributed by atoms with van der Waals surface area (Å²) in [6, 6.07) is 1.89. The molecular weight excluding hydrogens is 305 g/mol. The zero-order valence-corrected chi connectivity index (χ0v) is 13.9. The predicted molar refractivity (Wildman–Crippen MR) is 88.2 cm³/mol. The molecule has 114 valence electrons. The molecule has 2 aromatic heterocycles. The van der Waals surface area contributed by atoms with Crippen LogP contribution in [-0.4, -0.2) is 20.4 Å². The van der Waals surface area contributed by atoms with E-state index in [0.717, 1.165) is 30.0 Å². The predicted octanol–water partition coefficient (Wildman–Crippen LogP) is 4.84. The Bertz CT molecular complexity index is 630. The van der Waals surface area contributed by atoms with E-state index in [-0.39, 0.29) is 0 Å². The highest BCUT2D eigenvalue weighted by molar-refractivity contribution is 6.31. The average Bonchev–Trinajstić information content (AvgIpc) is 3.06. The van der Waals surface area contributed by atoms with Gasteiger partial charge in [0.05, 0.1) is 5.02 Å². The van der Waals surface area contributed by atoms with Crippen LogP contribution in [0.4, 0.5) is 0 Å². The van der Waals surface area contributed by atoms with Gasteiger partial charge in [-0.2, -0.15) is 0 Å². The maximum absolute atomic E-state index is 6.04. The Labute approximate surface area is 135 Å². The molecule has 1 aliphatic rings. The molecule has 0 amide bonds. The van der Waals surface area contributed by atoms with Crippen molar-refractivity contribution in [3.05, 3.63) is 23.1 Å². The van der Waals surface area contributed by atoms with Gasteiger partial charge in [-0.1, -0.05) is 31.4 Å². The molecule has 0 spiro atoms. The fraction of sp³-hybridized carbons (Fsp3) is 0.625. The van der Waals surface area contributed by atoms with Crippen molar-refractivity contribution in [1.82, 2.24) is 14.5 Å². The first-order valence-corrected chi connectivity index (χ1v) is 8.65. The van der Waals surface area contributed by atoms with E-state index in [4.69, 9.17) is 28.2 Å². The van der Waals surface area contributed by atoms with Crippen LogP contribution in [-0.2, 0) is 13.0 Å². The number of aromatic nitrogens is 3. The van der Waals surface area contributed by atoms with Crippen LogP contribution in [0.15, 0.2) is 12.3 Å². The van der Waals surface area contributed by atoms with Crippen LogP contribution in [0.2, 0.25) is 5.02 Å². The highest BCUT2D eigenvalue weighted by atomic mass is 35.5. The van der Waals surface area contributed by atoms with Crippen molar-refractivity contribution in [1.29, 1.82) is 0 Å². The van der Waals surface area contributed by atoms with E-state index in [9.17, 15) is 0 Å². The van der Waals surface area contributed by atoms with E-state index in [1.54, 1.807) is 6.20 Å². The second-order valence-electron chi connectivity index (χ2n) is 6.11. The quantitative estimate of drug-likeness (QED) is 0.736. The minimum Gasteiger partial charge on any atom is -0.312 e. The minimum absolute atomic E-state index is 0.399. The van der Waals surface area contributed by atoms with Gasteiger partial charge in [0.1, 0.15) is 11.3 Å². The summed E-state index contributed by atoms with van der Waals surface area (Å²) in [5.74, 6) is 1.62. The van der Waals surface area contributed by atoms with E-state index in [2.05, 4.69) is 16.5 Å². The summed E-state index contributed by atoms with van der Waals surface area (Å²) in [5.41, 5.74) is 2.22. The zero-order valence-electron chi connectivity index (χ0n) is 12.4. The maximum atomic E-state index is 6.04. The summed E-state index contributed by atoms with van der Waals surface area (Å²) >= 11 is 12.0. The van der Waals surface area contributed by atoms with Crippen LogP contribution in [0, 0.1) is 5.41 Å². The Morgan fingerprint density at radius 3 is 2.76 bits per heavy atom. The molecule has 3 rings (SSSR count). The fourth-order valence-corrected chi connectivity index (χ4v) is 3.88. The Hall–Kier alpha value is -0.800. The molecule has 1 aliphatic carbocycles. The summed E-state index contributed by atoms with van der Waals surface area (Å²) in [4.78, 5) is 9.22. The summed E-state index contributed by atoms with van der Waals surface area (Å²) < 4.78 is 2.28. The zero-order chi connectivity index (χ0) is 14.9. The third kappa shape index (κ3) is 2.91. The molecule has 1 fully saturated rings. The molecular formula is C16H21Cl2N3. The summed E-state index contributed by atoms with van der Waals surface area (Å²) in [7, 11) is 0. The van der Waals surface area contributed by atoms with Gasteiger partial charge in [0.2, 0.25) is 0 Å². The minimum atomic E-state index is 0.399. The van der Waals surface area contributed by atoms with Crippen molar-refractivity contribution < 1.29 is 0 Å². The molecule has 0 radical (unpaired) electrons. The normalized spacial score (nSPS) is 17.7. The van der Waals surface area contributed by atoms with Gasteiger partial charge in [-0.05, 0) is 30.7 Å². The molecule has 1 saturated carbocycles. The number of rotatable bonds is 5. The second-order valence-corrected chi connectivity index (χ2v) is 6.92. The molecule has 0 aromatic carbocycles. The smallest absolute Gasteiger partial charge is 0.160 e. The first kappa shape index (κ1) is 15.1. The molecule has 0 saturated heterocycles. The van der Waals surface area contributed by atoms with E-state index in [1.807, 2.05) is 6.07 Å². The van der Waals surface area contributed by atoms with Gasteiger partial charge < -0.3 is 4.57 Å². The maximum Gasteiger partial charge on any atom is 0.160 e. The van der Waals surface area contributed by atoms with Crippen LogP contribution >= 0.6 is 23.2 Å². The molecule has 0 aliphatic heterocycles. The van der Waals surface area contributed by atoms with Gasteiger partial charge >= 0.3 is 0 Å². The molecule has 2 aromatic rings. The highest BCUT2D eigenvalue weighted by Gasteiger charge is 2.33. The van der Waals surface area contributed by atoms with Gasteiger partial charge in [-0.3, -0.25) is 0 Å². The monoisotopic (exact) mass is 325 g/mol. The molecule has 0 bridgehead atoms. The largest absolute Gasteiger partial charge is 0.312 e. The third-order valence-electron chi connectivity index (χ3n) is 4.86. The molecule has 0 atom stereocenters. The lowest BCUT2D eigenvalue weighted by atomic mass is 9.83. The number of nitrogens with zero attached hydrogens (tertiary/aromatic N) is 3. The number of halogens is 2. The Kier molecular flexibility index (Phi) is 4.41. The van der Waals surface area contributed by atoms with Crippen molar-refractivity contribution >= 4 is 34.4 Å². The van der Waals surface area contributed by atoms with E-state index < -0.39 is 0 Å². The second kappa shape index (κ2) is 6.13. The molecule has 0 N–H and O–H groups in total. The van der Waals surface area contributed by atoms with Crippen LogP contribution in [0.25, 0.3) is 11.2 Å². The lowest BCUT2D eigenvalue weighted by molar-refractivity contribution is 0.237. The van der Waals surface area contributed by atoms with Crippen LogP contribution < -0.4 is 0 Å². The number of aryl methyl sites for hydroxylation is 1. The van der Waals surface area contributed by atoms with E-state index in [0.29, 0.717) is 16.3 Å². The van der Waals surface area contributed by atoms with E-state index >= 15 is 0 Å². The fourth-order valence-electron chi connectivity index (χ4n) is 3.56. The summed E-state index contributed by atoms with van der Waals surface area (Å²) in [5, 5.41) is 0.635. The molecule has 5 heteroatoms. The van der Waals surface area contributed by atoms with Gasteiger partial charge in [0.25, 0.3) is 0 Å². The van der Waals surface area contributed by atoms with Crippen molar-refractivity contribution in [3.63, 3.8) is 0 Å². The van der Waals surface area contributed by atoms with Crippen LogP contribution in [0.5, 0.6) is 0 Å². The van der Waals surface area contributed by atoms with Gasteiger partial charge in [0, 0.05) is 25.0 Å². The van der Waals surface area contributed by atoms with Crippen molar-refractivity contribution in [3.8, 4) is 0 Å². The Morgan fingerprint density at radius 2 is 2.10 bits per heavy atom. The standard InChI is InChI=1S/C16H21Cl2N3/c1-2-16(6-3-4-7-16)11-21-14(5-8-17)20-13-9-12(18)10-19-15(13)21/h9-10H,2-8,11H2,1H3. The number of alkyl halides is 1. The Balaban J connectivity index is 2.04. The third-order valence-corrected chi connectivity index (χ3v) is 5.25. The van der Waals surface area contributed by atoms with E-state index in [1.165, 1.54) is 32.1 Å². The molecule has 3 nitrogen and oxygen atoms in total. The number of hydrogen-bond donors (Lipinski definition) is 0. The molecule has 0 unspecified atom stereocenters. The Morgan fingerprint density at radius 1 is 1.33 bits per heavy atom. The number of pyridine rings is 1. The van der Waals surface area contributed by atoms with Gasteiger partial charge in [-0.15, -0.1) is 11.6 Å². The van der Waals surface area contributed by atoms with Crippen molar-refractivity contribution in [2.24, 2.45) is 5.41 Å².